The Kier molecular flexibility index (Phi) is 7.12. The highest BCUT2D eigenvalue weighted by atomic mass is 35.5. The minimum absolute atomic E-state index is 0.151. The second-order valence-corrected chi connectivity index (χ2v) is 7.63. The highest BCUT2D eigenvalue weighted by Gasteiger charge is 2.20. The van der Waals surface area contributed by atoms with Gasteiger partial charge in [-0.3, -0.25) is 5.32 Å². The minimum atomic E-state index is -1.02. The van der Waals surface area contributed by atoms with Gasteiger partial charge in [-0.1, -0.05) is 66.2 Å². The summed E-state index contributed by atoms with van der Waals surface area (Å²) in [6, 6.07) is 24.5. The molecule has 0 spiro atoms. The number of ether oxygens (including phenoxy) is 1. The monoisotopic (exact) mass is 473 g/mol. The van der Waals surface area contributed by atoms with E-state index >= 15 is 0 Å². The van der Waals surface area contributed by atoms with Gasteiger partial charge in [0.05, 0.1) is 11.4 Å². The smallest absolute Gasteiger partial charge is 0.333 e. The molecule has 4 N–H and O–H groups in total. The van der Waals surface area contributed by atoms with Crippen LogP contribution in [-0.4, -0.2) is 22.2 Å². The number of hydrogen-bond acceptors (Lipinski definition) is 6. The third-order valence-corrected chi connectivity index (χ3v) is 5.06. The molecule has 0 radical (unpaired) electrons. The number of esters is 1. The molecule has 0 aliphatic rings. The average Bonchev–Trinajstić information content (AvgIpc) is 2.86. The number of benzene rings is 3. The lowest BCUT2D eigenvalue weighted by atomic mass is 10.1. The minimum Gasteiger partial charge on any atom is -0.423 e. The van der Waals surface area contributed by atoms with Gasteiger partial charge >= 0.3 is 12.0 Å². The normalized spacial score (nSPS) is 11.4. The lowest BCUT2D eigenvalue weighted by Gasteiger charge is -2.15. The van der Waals surface area contributed by atoms with Crippen LogP contribution in [0.25, 0.3) is 11.3 Å². The Morgan fingerprint density at radius 3 is 2.24 bits per heavy atom. The Morgan fingerprint density at radius 1 is 0.824 bits per heavy atom. The van der Waals surface area contributed by atoms with Gasteiger partial charge in [0, 0.05) is 10.6 Å². The Balaban J connectivity index is 1.40. The fraction of sp³-hybridized carbons (Fsp3) is 0.0400. The molecule has 34 heavy (non-hydrogen) atoms. The summed E-state index contributed by atoms with van der Waals surface area (Å²) in [6.45, 7) is 0. The first-order chi connectivity index (χ1) is 16.5. The van der Waals surface area contributed by atoms with Crippen LogP contribution in [0.3, 0.4) is 0 Å². The molecule has 1 atom stereocenters. The van der Waals surface area contributed by atoms with E-state index in [0.29, 0.717) is 16.3 Å². The molecule has 3 aromatic carbocycles. The molecule has 4 rings (SSSR count). The molecule has 2 amide bonds. The largest absolute Gasteiger partial charge is 0.423 e. The van der Waals surface area contributed by atoms with Gasteiger partial charge in [-0.2, -0.15) is 0 Å². The van der Waals surface area contributed by atoms with Crippen molar-refractivity contribution in [2.75, 3.05) is 10.6 Å². The number of nitrogens with two attached hydrogens (primary N) is 1. The number of amides is 2. The summed E-state index contributed by atoms with van der Waals surface area (Å²) >= 11 is 5.88. The van der Waals surface area contributed by atoms with Gasteiger partial charge in [0.25, 0.3) is 0 Å². The van der Waals surface area contributed by atoms with Gasteiger partial charge in [-0.15, -0.1) is 10.2 Å². The Hall–Kier alpha value is -4.27. The molecule has 0 aliphatic carbocycles. The van der Waals surface area contributed by atoms with Crippen molar-refractivity contribution in [3.8, 4) is 17.0 Å². The van der Waals surface area contributed by atoms with E-state index in [-0.39, 0.29) is 17.3 Å². The first-order valence-corrected chi connectivity index (χ1v) is 10.7. The van der Waals surface area contributed by atoms with E-state index in [1.807, 2.05) is 30.3 Å². The summed E-state index contributed by atoms with van der Waals surface area (Å²) in [5.74, 6) is -0.270. The number of carbonyl (C=O) groups is 2. The molecule has 8 nitrogen and oxygen atoms in total. The Morgan fingerprint density at radius 2 is 1.53 bits per heavy atom. The molecule has 9 heteroatoms. The van der Waals surface area contributed by atoms with Crippen molar-refractivity contribution in [1.82, 2.24) is 10.2 Å². The number of rotatable bonds is 6. The standard InChI is InChI=1S/C25H20ClN5O3/c26-18-12-10-17(11-13-18)23(27)24(32)34-21-9-5-4-8-20(21)28-25(33)29-22-15-14-19(30-31-22)16-6-2-1-3-7-16/h1-15,23H,27H2,(H2,28,29,31,33). The zero-order chi connectivity index (χ0) is 23.9. The van der Waals surface area contributed by atoms with Crippen LogP contribution in [0.4, 0.5) is 16.3 Å². The van der Waals surface area contributed by atoms with Crippen LogP contribution in [0.2, 0.25) is 5.02 Å². The van der Waals surface area contributed by atoms with E-state index in [9.17, 15) is 9.59 Å². The van der Waals surface area contributed by atoms with Crippen molar-refractivity contribution in [1.29, 1.82) is 0 Å². The summed E-state index contributed by atoms with van der Waals surface area (Å²) in [4.78, 5) is 25.0. The van der Waals surface area contributed by atoms with E-state index in [1.165, 1.54) is 0 Å². The number of nitrogens with zero attached hydrogens (tertiary/aromatic N) is 2. The van der Waals surface area contributed by atoms with Gasteiger partial charge in [-0.25, -0.2) is 9.59 Å². The number of urea groups is 1. The van der Waals surface area contributed by atoms with Crippen molar-refractivity contribution in [3.05, 3.63) is 102 Å². The van der Waals surface area contributed by atoms with Gasteiger partial charge in [0.15, 0.2) is 11.6 Å². The second kappa shape index (κ2) is 10.6. The maximum absolute atomic E-state index is 12.5. The van der Waals surface area contributed by atoms with Crippen LogP contribution in [-0.2, 0) is 4.79 Å². The quantitative estimate of drug-likeness (QED) is 0.266. The van der Waals surface area contributed by atoms with Crippen LogP contribution in [0.1, 0.15) is 11.6 Å². The highest BCUT2D eigenvalue weighted by Crippen LogP contribution is 2.26. The lowest BCUT2D eigenvalue weighted by molar-refractivity contribution is -0.135. The molecule has 0 saturated heterocycles. The zero-order valence-electron chi connectivity index (χ0n) is 17.8. The number of hydrogen-bond donors (Lipinski definition) is 3. The third kappa shape index (κ3) is 5.74. The summed E-state index contributed by atoms with van der Waals surface area (Å²) < 4.78 is 5.44. The molecular weight excluding hydrogens is 454 g/mol. The summed E-state index contributed by atoms with van der Waals surface area (Å²) in [6.07, 6.45) is 0. The number of anilines is 2. The SMILES string of the molecule is NC(C(=O)Oc1ccccc1NC(=O)Nc1ccc(-c2ccccc2)nn1)c1ccc(Cl)cc1. The van der Waals surface area contributed by atoms with Gasteiger partial charge in [0.2, 0.25) is 0 Å². The van der Waals surface area contributed by atoms with Gasteiger partial charge in [0.1, 0.15) is 6.04 Å². The third-order valence-electron chi connectivity index (χ3n) is 4.80. The van der Waals surface area contributed by atoms with Crippen LogP contribution < -0.4 is 21.1 Å². The van der Waals surface area contributed by atoms with Crippen LogP contribution >= 0.6 is 11.6 Å². The first kappa shape index (κ1) is 22.9. The van der Waals surface area contributed by atoms with Crippen molar-refractivity contribution in [2.45, 2.75) is 6.04 Å². The number of aromatic nitrogens is 2. The average molecular weight is 474 g/mol. The van der Waals surface area contributed by atoms with Crippen LogP contribution in [0.15, 0.2) is 91.0 Å². The summed E-state index contributed by atoms with van der Waals surface area (Å²) in [5.41, 5.74) is 8.44. The maximum Gasteiger partial charge on any atom is 0.333 e. The second-order valence-electron chi connectivity index (χ2n) is 7.20. The van der Waals surface area contributed by atoms with Crippen molar-refractivity contribution in [2.24, 2.45) is 5.73 Å². The maximum atomic E-state index is 12.5. The van der Waals surface area contributed by atoms with Crippen LogP contribution in [0, 0.1) is 0 Å². The fourth-order valence-corrected chi connectivity index (χ4v) is 3.19. The highest BCUT2D eigenvalue weighted by molar-refractivity contribution is 6.30. The van der Waals surface area contributed by atoms with E-state index in [2.05, 4.69) is 20.8 Å². The molecule has 1 unspecified atom stereocenters. The molecule has 170 valence electrons. The van der Waals surface area contributed by atoms with E-state index in [4.69, 9.17) is 22.1 Å². The predicted molar refractivity (Wildman–Crippen MR) is 131 cm³/mol. The summed E-state index contributed by atoms with van der Waals surface area (Å²) in [5, 5.41) is 14.0. The van der Waals surface area contributed by atoms with Crippen molar-refractivity contribution < 1.29 is 14.3 Å². The number of para-hydroxylation sites is 2. The van der Waals surface area contributed by atoms with Gasteiger partial charge < -0.3 is 15.8 Å². The fourth-order valence-electron chi connectivity index (χ4n) is 3.07. The Bertz CT molecular complexity index is 1280. The molecule has 0 bridgehead atoms. The number of nitrogens with one attached hydrogen (secondary N) is 2. The molecule has 0 aliphatic heterocycles. The van der Waals surface area contributed by atoms with E-state index in [0.717, 1.165) is 5.56 Å². The van der Waals surface area contributed by atoms with E-state index < -0.39 is 18.0 Å². The number of halogens is 1. The molecule has 0 saturated carbocycles. The lowest BCUT2D eigenvalue weighted by Crippen LogP contribution is -2.27. The molecular formula is C25H20ClN5O3. The van der Waals surface area contributed by atoms with Crippen LogP contribution in [0.5, 0.6) is 5.75 Å². The van der Waals surface area contributed by atoms with Crippen molar-refractivity contribution >= 4 is 35.1 Å². The van der Waals surface area contributed by atoms with Crippen molar-refractivity contribution in [3.63, 3.8) is 0 Å². The van der Waals surface area contributed by atoms with Gasteiger partial charge in [-0.05, 0) is 42.0 Å². The molecule has 4 aromatic rings. The molecule has 1 aromatic heterocycles. The summed E-state index contributed by atoms with van der Waals surface area (Å²) in [7, 11) is 0. The predicted octanol–water partition coefficient (Wildman–Crippen LogP) is 5.05. The zero-order valence-corrected chi connectivity index (χ0v) is 18.6. The molecule has 1 heterocycles. The number of carbonyl (C=O) groups excluding carboxylic acids is 2. The van der Waals surface area contributed by atoms with E-state index in [1.54, 1.807) is 60.7 Å². The first-order valence-electron chi connectivity index (χ1n) is 10.3. The molecule has 0 fully saturated rings. The topological polar surface area (TPSA) is 119 Å². The Labute approximate surface area is 200 Å².